The highest BCUT2D eigenvalue weighted by atomic mass is 16.5. The molecule has 0 aliphatic heterocycles. The minimum atomic E-state index is -0.301. The van der Waals surface area contributed by atoms with Gasteiger partial charge in [-0.15, -0.1) is 0 Å². The molecule has 21 heavy (non-hydrogen) atoms. The molecule has 0 heterocycles. The fourth-order valence-corrected chi connectivity index (χ4v) is 2.13. The maximum Gasteiger partial charge on any atom is 0.225 e. The van der Waals surface area contributed by atoms with E-state index in [1.54, 1.807) is 14.2 Å². The Bertz CT molecular complexity index is 481. The average molecular weight is 294 g/mol. The van der Waals surface area contributed by atoms with Crippen molar-refractivity contribution in [2.45, 2.75) is 32.7 Å². The molecule has 1 unspecified atom stereocenters. The van der Waals surface area contributed by atoms with Crippen molar-refractivity contribution in [1.29, 1.82) is 0 Å². The molecule has 0 aromatic heterocycles. The molecule has 1 aromatic carbocycles. The number of carbonyl (C=O) groups excluding carboxylic acids is 1. The molecule has 3 N–H and O–H groups in total. The summed E-state index contributed by atoms with van der Waals surface area (Å²) in [6.07, 6.45) is 0.513. The number of hydrogen-bond acceptors (Lipinski definition) is 4. The molecule has 1 atom stereocenters. The number of carbonyl (C=O) groups is 1. The van der Waals surface area contributed by atoms with E-state index < -0.39 is 0 Å². The Kier molecular flexibility index (Phi) is 6.03. The quantitative estimate of drug-likeness (QED) is 0.838. The largest absolute Gasteiger partial charge is 0.493 e. The lowest BCUT2D eigenvalue weighted by Gasteiger charge is -2.25. The molecule has 118 valence electrons. The molecular weight excluding hydrogens is 268 g/mol. The van der Waals surface area contributed by atoms with E-state index in [2.05, 4.69) is 5.32 Å². The Hall–Kier alpha value is -1.75. The van der Waals surface area contributed by atoms with Crippen molar-refractivity contribution in [3.8, 4) is 11.5 Å². The Labute approximate surface area is 126 Å². The second kappa shape index (κ2) is 7.31. The molecule has 1 amide bonds. The highest BCUT2D eigenvalue weighted by Crippen LogP contribution is 2.32. The summed E-state index contributed by atoms with van der Waals surface area (Å²) >= 11 is 0. The number of para-hydroxylation sites is 1. The van der Waals surface area contributed by atoms with Gasteiger partial charge >= 0.3 is 0 Å². The van der Waals surface area contributed by atoms with Crippen LogP contribution in [0.4, 0.5) is 0 Å². The molecule has 0 spiro atoms. The first kappa shape index (κ1) is 17.3. The molecular formula is C16H26N2O3. The van der Waals surface area contributed by atoms with Crippen LogP contribution in [0.5, 0.6) is 11.5 Å². The van der Waals surface area contributed by atoms with Gasteiger partial charge < -0.3 is 20.5 Å². The van der Waals surface area contributed by atoms with Gasteiger partial charge in [-0.3, -0.25) is 4.79 Å². The van der Waals surface area contributed by atoms with Crippen LogP contribution >= 0.6 is 0 Å². The molecule has 0 saturated carbocycles. The van der Waals surface area contributed by atoms with E-state index in [0.29, 0.717) is 17.9 Å². The summed E-state index contributed by atoms with van der Waals surface area (Å²) in [5.41, 5.74) is 6.41. The summed E-state index contributed by atoms with van der Waals surface area (Å²) in [6, 6.07) is 5.63. The predicted molar refractivity (Wildman–Crippen MR) is 83.7 cm³/mol. The van der Waals surface area contributed by atoms with Crippen LogP contribution in [0, 0.1) is 5.92 Å². The summed E-state index contributed by atoms with van der Waals surface area (Å²) in [5.74, 6) is 0.962. The van der Waals surface area contributed by atoms with Crippen LogP contribution in [-0.2, 0) is 11.2 Å². The van der Waals surface area contributed by atoms with Gasteiger partial charge in [0.25, 0.3) is 0 Å². The van der Waals surface area contributed by atoms with Crippen molar-refractivity contribution < 1.29 is 14.3 Å². The van der Waals surface area contributed by atoms with Crippen molar-refractivity contribution in [1.82, 2.24) is 5.32 Å². The van der Waals surface area contributed by atoms with E-state index >= 15 is 0 Å². The van der Waals surface area contributed by atoms with Crippen LogP contribution in [0.15, 0.2) is 18.2 Å². The number of methoxy groups -OCH3 is 2. The van der Waals surface area contributed by atoms with E-state index in [9.17, 15) is 4.79 Å². The molecule has 0 bridgehead atoms. The molecule has 1 rings (SSSR count). The first-order valence-corrected chi connectivity index (χ1v) is 7.04. The lowest BCUT2D eigenvalue weighted by Crippen LogP contribution is -2.46. The maximum atomic E-state index is 12.3. The van der Waals surface area contributed by atoms with Crippen molar-refractivity contribution in [3.05, 3.63) is 23.8 Å². The molecule has 1 aromatic rings. The van der Waals surface area contributed by atoms with Crippen molar-refractivity contribution in [2.24, 2.45) is 11.7 Å². The highest BCUT2D eigenvalue weighted by molar-refractivity contribution is 5.80. The van der Waals surface area contributed by atoms with Gasteiger partial charge in [0.2, 0.25) is 5.91 Å². The minimum absolute atomic E-state index is 0.0464. The Morgan fingerprint density at radius 2 is 1.95 bits per heavy atom. The third-order valence-corrected chi connectivity index (χ3v) is 3.10. The summed E-state index contributed by atoms with van der Waals surface area (Å²) in [6.45, 7) is 6.13. The van der Waals surface area contributed by atoms with Crippen LogP contribution < -0.4 is 20.5 Å². The third kappa shape index (κ3) is 4.93. The predicted octanol–water partition coefficient (Wildman–Crippen LogP) is 1.74. The van der Waals surface area contributed by atoms with Crippen LogP contribution in [0.3, 0.4) is 0 Å². The van der Waals surface area contributed by atoms with Crippen LogP contribution in [0.1, 0.15) is 26.3 Å². The first-order chi connectivity index (χ1) is 9.82. The number of rotatable bonds is 6. The first-order valence-electron chi connectivity index (χ1n) is 7.04. The second-order valence-electron chi connectivity index (χ2n) is 6.03. The topological polar surface area (TPSA) is 73.6 Å². The maximum absolute atomic E-state index is 12.3. The number of hydrogen-bond donors (Lipinski definition) is 2. The summed E-state index contributed by atoms with van der Waals surface area (Å²) in [7, 11) is 3.18. The van der Waals surface area contributed by atoms with Crippen LogP contribution in [0.2, 0.25) is 0 Å². The van der Waals surface area contributed by atoms with Gasteiger partial charge in [-0.05, 0) is 38.8 Å². The van der Waals surface area contributed by atoms with Gasteiger partial charge in [0.05, 0.1) is 20.1 Å². The SMILES string of the molecule is COc1cccc(CC(CN)C(=O)NC(C)(C)C)c1OC. The number of amides is 1. The normalized spacial score (nSPS) is 12.7. The average Bonchev–Trinajstić information content (AvgIpc) is 2.42. The van der Waals surface area contributed by atoms with Gasteiger partial charge in [0.15, 0.2) is 11.5 Å². The number of ether oxygens (including phenoxy) is 2. The zero-order valence-electron chi connectivity index (χ0n) is 13.5. The Morgan fingerprint density at radius 1 is 1.29 bits per heavy atom. The van der Waals surface area contributed by atoms with E-state index in [1.807, 2.05) is 39.0 Å². The third-order valence-electron chi connectivity index (χ3n) is 3.10. The zero-order chi connectivity index (χ0) is 16.0. The van der Waals surface area contributed by atoms with Crippen LogP contribution in [0.25, 0.3) is 0 Å². The lowest BCUT2D eigenvalue weighted by atomic mass is 9.96. The van der Waals surface area contributed by atoms with E-state index in [1.165, 1.54) is 0 Å². The van der Waals surface area contributed by atoms with Gasteiger partial charge in [-0.25, -0.2) is 0 Å². The van der Waals surface area contributed by atoms with Gasteiger partial charge in [-0.1, -0.05) is 12.1 Å². The Balaban J connectivity index is 2.94. The fraction of sp³-hybridized carbons (Fsp3) is 0.562. The molecule has 0 aliphatic rings. The van der Waals surface area contributed by atoms with Gasteiger partial charge in [0.1, 0.15) is 0 Å². The monoisotopic (exact) mass is 294 g/mol. The zero-order valence-corrected chi connectivity index (χ0v) is 13.5. The minimum Gasteiger partial charge on any atom is -0.493 e. The molecule has 0 radical (unpaired) electrons. The van der Waals surface area contributed by atoms with Gasteiger partial charge in [-0.2, -0.15) is 0 Å². The van der Waals surface area contributed by atoms with E-state index in [-0.39, 0.29) is 23.9 Å². The van der Waals surface area contributed by atoms with Crippen molar-refractivity contribution in [3.63, 3.8) is 0 Å². The Morgan fingerprint density at radius 3 is 2.43 bits per heavy atom. The summed E-state index contributed by atoms with van der Waals surface area (Å²) in [4.78, 5) is 12.3. The molecule has 5 nitrogen and oxygen atoms in total. The molecule has 0 fully saturated rings. The number of nitrogens with one attached hydrogen (secondary N) is 1. The van der Waals surface area contributed by atoms with Gasteiger partial charge in [0, 0.05) is 12.1 Å². The standard InChI is InChI=1S/C16H26N2O3/c1-16(2,3)18-15(19)12(10-17)9-11-7-6-8-13(20-4)14(11)21-5/h6-8,12H,9-10,17H2,1-5H3,(H,18,19). The summed E-state index contributed by atoms with van der Waals surface area (Å²) in [5, 5.41) is 2.97. The van der Waals surface area contributed by atoms with E-state index in [4.69, 9.17) is 15.2 Å². The van der Waals surface area contributed by atoms with Crippen molar-refractivity contribution in [2.75, 3.05) is 20.8 Å². The van der Waals surface area contributed by atoms with Crippen LogP contribution in [-0.4, -0.2) is 32.2 Å². The molecule has 5 heteroatoms. The van der Waals surface area contributed by atoms with Crippen molar-refractivity contribution >= 4 is 5.91 Å². The number of benzene rings is 1. The summed E-state index contributed by atoms with van der Waals surface area (Å²) < 4.78 is 10.7. The fourth-order valence-electron chi connectivity index (χ4n) is 2.13. The number of nitrogens with two attached hydrogens (primary N) is 1. The highest BCUT2D eigenvalue weighted by Gasteiger charge is 2.23. The second-order valence-corrected chi connectivity index (χ2v) is 6.03. The molecule has 0 saturated heterocycles. The smallest absolute Gasteiger partial charge is 0.225 e. The lowest BCUT2D eigenvalue weighted by molar-refractivity contribution is -0.126. The molecule has 0 aliphatic carbocycles. The van der Waals surface area contributed by atoms with E-state index in [0.717, 1.165) is 5.56 Å².